The lowest BCUT2D eigenvalue weighted by Gasteiger charge is -2.47. The molecule has 0 bridgehead atoms. The lowest BCUT2D eigenvalue weighted by molar-refractivity contribution is 0.590. The van der Waals surface area contributed by atoms with E-state index in [1.807, 2.05) is 30.3 Å². The first-order valence-electron chi connectivity index (χ1n) is 15.8. The second-order valence-electron chi connectivity index (χ2n) is 12.4. The molecule has 1 spiro atoms. The second-order valence-corrected chi connectivity index (χ2v) is 15.1. The van der Waals surface area contributed by atoms with Crippen molar-refractivity contribution in [1.82, 2.24) is 4.57 Å². The smallest absolute Gasteiger partial charge is 0.171 e. The Bertz CT molecular complexity index is 2560. The monoisotopic (exact) mass is 605 g/mol. The molecule has 2 atom stereocenters. The average molecular weight is 606 g/mol. The van der Waals surface area contributed by atoms with Crippen molar-refractivity contribution in [3.63, 3.8) is 0 Å². The zero-order chi connectivity index (χ0) is 30.5. The molecule has 2 aliphatic rings. The molecule has 1 aromatic heterocycles. The molecule has 0 N–H and O–H groups in total. The largest absolute Gasteiger partial charge is 0.309 e. The van der Waals surface area contributed by atoms with Gasteiger partial charge >= 0.3 is 0 Å². The fourth-order valence-corrected chi connectivity index (χ4v) is 11.6. The predicted octanol–water partition coefficient (Wildman–Crippen LogP) is 9.10. The Balaban J connectivity index is 1.46. The van der Waals surface area contributed by atoms with Gasteiger partial charge in [-0.1, -0.05) is 146 Å². The number of nitrogens with zero attached hydrogens (tertiary/aromatic N) is 1. The summed E-state index contributed by atoms with van der Waals surface area (Å²) in [5.41, 5.74) is 9.75. The summed E-state index contributed by atoms with van der Waals surface area (Å²) in [6.07, 6.45) is 0. The minimum atomic E-state index is -3.26. The third-order valence-corrected chi connectivity index (χ3v) is 13.4. The standard InChI is InChI=1S/C43H28NOP/c45-46(31-16-5-2-6-17-31)40-25-12-9-21-35(40)43(37-28-30(26-27-41(37)46)29-14-3-1-4-15-29)34-20-8-11-24-39(34)44-38-23-10-7-18-32(38)33-19-13-22-36(43)42(33)44/h1-28H. The Morgan fingerprint density at radius 2 is 1.09 bits per heavy atom. The van der Waals surface area contributed by atoms with Crippen molar-refractivity contribution < 1.29 is 4.57 Å². The first-order valence-corrected chi connectivity index (χ1v) is 17.5. The minimum absolute atomic E-state index is 0.695. The van der Waals surface area contributed by atoms with Gasteiger partial charge in [-0.05, 0) is 57.6 Å². The zero-order valence-corrected chi connectivity index (χ0v) is 25.9. The third kappa shape index (κ3) is 3.10. The van der Waals surface area contributed by atoms with Crippen LogP contribution in [0.5, 0.6) is 0 Å². The molecule has 2 nitrogen and oxygen atoms in total. The highest BCUT2D eigenvalue weighted by atomic mass is 31.2. The molecule has 0 fully saturated rings. The molecule has 0 saturated carbocycles. The van der Waals surface area contributed by atoms with E-state index >= 15 is 4.57 Å². The molecule has 2 aliphatic heterocycles. The van der Waals surface area contributed by atoms with Gasteiger partial charge in [0.2, 0.25) is 0 Å². The topological polar surface area (TPSA) is 22.0 Å². The number of rotatable bonds is 2. The van der Waals surface area contributed by atoms with Crippen LogP contribution in [0, 0.1) is 0 Å². The summed E-state index contributed by atoms with van der Waals surface area (Å²) in [4.78, 5) is 0. The van der Waals surface area contributed by atoms with Crippen LogP contribution in [-0.2, 0) is 9.98 Å². The van der Waals surface area contributed by atoms with Crippen LogP contribution in [0.2, 0.25) is 0 Å². The number of hydrogen-bond acceptors (Lipinski definition) is 1. The molecular weight excluding hydrogens is 577 g/mol. The normalized spacial score (nSPS) is 19.1. The van der Waals surface area contributed by atoms with E-state index in [0.29, 0.717) is 0 Å². The molecule has 46 heavy (non-hydrogen) atoms. The highest BCUT2D eigenvalue weighted by Crippen LogP contribution is 2.61. The fraction of sp³-hybridized carbons (Fsp3) is 0.0233. The summed E-state index contributed by atoms with van der Waals surface area (Å²) in [5.74, 6) is 0. The van der Waals surface area contributed by atoms with Crippen LogP contribution in [0.3, 0.4) is 0 Å². The second kappa shape index (κ2) is 9.30. The molecule has 3 heteroatoms. The summed E-state index contributed by atoms with van der Waals surface area (Å²) in [6.45, 7) is 0. The van der Waals surface area contributed by atoms with Crippen molar-refractivity contribution in [2.75, 3.05) is 0 Å². The highest BCUT2D eigenvalue weighted by Gasteiger charge is 2.54. The summed E-state index contributed by atoms with van der Waals surface area (Å²) in [7, 11) is -3.26. The Labute approximate surface area is 267 Å². The minimum Gasteiger partial charge on any atom is -0.309 e. The van der Waals surface area contributed by atoms with Gasteiger partial charge in [-0.15, -0.1) is 0 Å². The number of hydrogen-bond donors (Lipinski definition) is 0. The van der Waals surface area contributed by atoms with E-state index < -0.39 is 12.6 Å². The van der Waals surface area contributed by atoms with E-state index in [1.54, 1.807) is 0 Å². The van der Waals surface area contributed by atoms with Gasteiger partial charge in [0, 0.05) is 26.7 Å². The van der Waals surface area contributed by atoms with Crippen LogP contribution in [0.4, 0.5) is 0 Å². The SMILES string of the molecule is O=P1(c2ccccc2)c2ccccc2C2(c3ccccc3-n3c4ccccc4c4cccc2c43)c2cc(-c3ccccc3)ccc21. The zero-order valence-electron chi connectivity index (χ0n) is 25.0. The molecule has 0 radical (unpaired) electrons. The maximum atomic E-state index is 16.1. The lowest BCUT2D eigenvalue weighted by Crippen LogP contribution is -2.48. The number of fused-ring (bicyclic) bond motifs is 11. The lowest BCUT2D eigenvalue weighted by atomic mass is 9.62. The first-order chi connectivity index (χ1) is 22.7. The van der Waals surface area contributed by atoms with Crippen molar-refractivity contribution in [3.8, 4) is 16.8 Å². The Morgan fingerprint density at radius 3 is 1.93 bits per heavy atom. The summed E-state index contributed by atoms with van der Waals surface area (Å²) in [6, 6.07) is 60.2. The van der Waals surface area contributed by atoms with Crippen molar-refractivity contribution in [3.05, 3.63) is 192 Å². The van der Waals surface area contributed by atoms with Gasteiger partial charge in [-0.3, -0.25) is 0 Å². The van der Waals surface area contributed by atoms with Crippen LogP contribution in [0.15, 0.2) is 170 Å². The van der Waals surface area contributed by atoms with Crippen LogP contribution in [0.25, 0.3) is 38.6 Å². The van der Waals surface area contributed by atoms with Crippen molar-refractivity contribution in [2.24, 2.45) is 0 Å². The summed E-state index contributed by atoms with van der Waals surface area (Å²) >= 11 is 0. The summed E-state index contributed by atoms with van der Waals surface area (Å²) < 4.78 is 18.5. The fourth-order valence-electron chi connectivity index (χ4n) is 8.46. The van der Waals surface area contributed by atoms with Gasteiger partial charge in [-0.25, -0.2) is 0 Å². The maximum absolute atomic E-state index is 16.1. The molecule has 8 aromatic rings. The first kappa shape index (κ1) is 25.9. The molecule has 3 heterocycles. The van der Waals surface area contributed by atoms with Gasteiger partial charge in [0.05, 0.1) is 22.1 Å². The molecule has 7 aromatic carbocycles. The molecule has 0 amide bonds. The maximum Gasteiger partial charge on any atom is 0.171 e. The van der Waals surface area contributed by atoms with Crippen molar-refractivity contribution in [2.45, 2.75) is 5.41 Å². The van der Waals surface area contributed by atoms with Crippen LogP contribution in [0.1, 0.15) is 22.3 Å². The summed E-state index contributed by atoms with van der Waals surface area (Å²) in [5, 5.41) is 5.16. The van der Waals surface area contributed by atoms with Crippen LogP contribution < -0.4 is 15.9 Å². The number of benzene rings is 7. The predicted molar refractivity (Wildman–Crippen MR) is 191 cm³/mol. The van der Waals surface area contributed by atoms with E-state index in [0.717, 1.165) is 43.9 Å². The number of para-hydroxylation sites is 3. The van der Waals surface area contributed by atoms with Crippen molar-refractivity contribution >= 4 is 44.9 Å². The molecule has 2 unspecified atom stereocenters. The van der Waals surface area contributed by atoms with Gasteiger partial charge in [0.25, 0.3) is 0 Å². The average Bonchev–Trinajstić information content (AvgIpc) is 3.48. The molecular formula is C43H28NOP. The van der Waals surface area contributed by atoms with E-state index in [2.05, 4.69) is 144 Å². The number of aromatic nitrogens is 1. The van der Waals surface area contributed by atoms with Crippen LogP contribution in [-0.4, -0.2) is 4.57 Å². The van der Waals surface area contributed by atoms with Gasteiger partial charge in [0.1, 0.15) is 0 Å². The van der Waals surface area contributed by atoms with E-state index in [4.69, 9.17) is 0 Å². The van der Waals surface area contributed by atoms with E-state index in [1.165, 1.54) is 32.9 Å². The van der Waals surface area contributed by atoms with Crippen molar-refractivity contribution in [1.29, 1.82) is 0 Å². The Hall–Kier alpha value is -5.43. The van der Waals surface area contributed by atoms with Gasteiger partial charge < -0.3 is 9.13 Å². The van der Waals surface area contributed by atoms with Gasteiger partial charge in [-0.2, -0.15) is 0 Å². The van der Waals surface area contributed by atoms with E-state index in [9.17, 15) is 0 Å². The molecule has 0 aliphatic carbocycles. The molecule has 216 valence electrons. The van der Waals surface area contributed by atoms with E-state index in [-0.39, 0.29) is 0 Å². The third-order valence-electron chi connectivity index (χ3n) is 10.3. The molecule has 10 rings (SSSR count). The highest BCUT2D eigenvalue weighted by molar-refractivity contribution is 7.85. The van der Waals surface area contributed by atoms with Gasteiger partial charge in [0.15, 0.2) is 7.14 Å². The Kier molecular flexibility index (Phi) is 5.23. The quantitative estimate of drug-likeness (QED) is 0.180. The Morgan fingerprint density at radius 1 is 0.457 bits per heavy atom. The molecule has 0 saturated heterocycles. The van der Waals surface area contributed by atoms with Crippen LogP contribution >= 0.6 is 7.14 Å².